The lowest BCUT2D eigenvalue weighted by atomic mass is 9.52. The number of unbranched alkanes of at least 4 members (excludes halogenated alkanes) is 2. The number of rotatable bonds is 5. The van der Waals surface area contributed by atoms with E-state index in [0.29, 0.717) is 17.9 Å². The zero-order valence-electron chi connectivity index (χ0n) is 18.1. The topological polar surface area (TPSA) is 45.2 Å². The van der Waals surface area contributed by atoms with Crippen molar-refractivity contribution >= 4 is 23.1 Å². The summed E-state index contributed by atoms with van der Waals surface area (Å²) in [6.45, 7) is 2.88. The number of anilines is 3. The van der Waals surface area contributed by atoms with Gasteiger partial charge in [-0.3, -0.25) is 4.79 Å². The molecule has 2 bridgehead atoms. The number of hydrogen-bond donors (Lipinski definition) is 1. The van der Waals surface area contributed by atoms with E-state index in [4.69, 9.17) is 0 Å². The Morgan fingerprint density at radius 1 is 1.03 bits per heavy atom. The van der Waals surface area contributed by atoms with Gasteiger partial charge in [0.2, 0.25) is 5.91 Å². The molecular formula is C26H33N3O. The van der Waals surface area contributed by atoms with E-state index >= 15 is 0 Å². The standard InChI is InChI=1S/C26H33N3O/c1-2-3-6-11-25-12-15-26(16-13-25,17-14-25)24(30)29-19-20-8-7-18-27-23(20)28-21-9-4-5-10-22(21)29/h4-5,7-10,18H,2-3,6,11-17,19H2,1H3,(H,27,28). The molecule has 4 heteroatoms. The van der Waals surface area contributed by atoms with Gasteiger partial charge < -0.3 is 10.2 Å². The number of benzene rings is 1. The number of carbonyl (C=O) groups is 1. The quantitative estimate of drug-likeness (QED) is 0.573. The molecule has 0 saturated heterocycles. The fraction of sp³-hybridized carbons (Fsp3) is 0.538. The van der Waals surface area contributed by atoms with Crippen molar-refractivity contribution in [1.82, 2.24) is 4.98 Å². The highest BCUT2D eigenvalue weighted by atomic mass is 16.2. The summed E-state index contributed by atoms with van der Waals surface area (Å²) in [5.41, 5.74) is 3.39. The Hall–Kier alpha value is -2.36. The number of nitrogens with zero attached hydrogens (tertiary/aromatic N) is 2. The second-order valence-electron chi connectivity index (χ2n) is 9.78. The summed E-state index contributed by atoms with van der Waals surface area (Å²) in [7, 11) is 0. The zero-order valence-corrected chi connectivity index (χ0v) is 18.1. The highest BCUT2D eigenvalue weighted by Crippen LogP contribution is 2.59. The van der Waals surface area contributed by atoms with Crippen LogP contribution in [0.2, 0.25) is 0 Å². The van der Waals surface area contributed by atoms with Crippen LogP contribution < -0.4 is 10.2 Å². The second kappa shape index (κ2) is 7.72. The lowest BCUT2D eigenvalue weighted by molar-refractivity contribution is -0.138. The molecule has 4 aliphatic rings. The lowest BCUT2D eigenvalue weighted by Gasteiger charge is -2.53. The maximum atomic E-state index is 14.1. The molecule has 1 N–H and O–H groups in total. The van der Waals surface area contributed by atoms with E-state index in [1.54, 1.807) is 0 Å². The van der Waals surface area contributed by atoms with Gasteiger partial charge in [0.15, 0.2) is 0 Å². The molecule has 4 nitrogen and oxygen atoms in total. The van der Waals surface area contributed by atoms with Crippen LogP contribution >= 0.6 is 0 Å². The van der Waals surface area contributed by atoms with Gasteiger partial charge in [-0.2, -0.15) is 0 Å². The monoisotopic (exact) mass is 403 g/mol. The first-order chi connectivity index (χ1) is 14.6. The number of nitrogens with one attached hydrogen (secondary N) is 1. The molecule has 3 saturated carbocycles. The first kappa shape index (κ1) is 19.6. The Bertz CT molecular complexity index is 913. The summed E-state index contributed by atoms with van der Waals surface area (Å²) < 4.78 is 0. The van der Waals surface area contributed by atoms with Gasteiger partial charge in [0.1, 0.15) is 5.82 Å². The molecule has 0 unspecified atom stereocenters. The molecule has 3 aliphatic carbocycles. The van der Waals surface area contributed by atoms with Gasteiger partial charge in [0.25, 0.3) is 0 Å². The average Bonchev–Trinajstić information content (AvgIpc) is 2.97. The van der Waals surface area contributed by atoms with Crippen molar-refractivity contribution in [3.05, 3.63) is 48.2 Å². The van der Waals surface area contributed by atoms with E-state index in [-0.39, 0.29) is 5.41 Å². The summed E-state index contributed by atoms with van der Waals surface area (Å²) >= 11 is 0. The highest BCUT2D eigenvalue weighted by molar-refractivity contribution is 6.01. The molecule has 1 aromatic heterocycles. The first-order valence-corrected chi connectivity index (χ1v) is 11.8. The van der Waals surface area contributed by atoms with Crippen LogP contribution in [-0.4, -0.2) is 10.9 Å². The summed E-state index contributed by atoms with van der Waals surface area (Å²) in [6, 6.07) is 12.2. The maximum absolute atomic E-state index is 14.1. The number of fused-ring (bicyclic) bond motifs is 5. The summed E-state index contributed by atoms with van der Waals surface area (Å²) in [5.74, 6) is 1.19. The predicted octanol–water partition coefficient (Wildman–Crippen LogP) is 6.59. The molecule has 2 heterocycles. The van der Waals surface area contributed by atoms with Gasteiger partial charge >= 0.3 is 0 Å². The molecule has 1 amide bonds. The Labute approximate surface area is 180 Å². The number of pyridine rings is 1. The van der Waals surface area contributed by atoms with E-state index in [9.17, 15) is 4.79 Å². The largest absolute Gasteiger partial charge is 0.338 e. The van der Waals surface area contributed by atoms with Crippen molar-refractivity contribution in [3.8, 4) is 0 Å². The van der Waals surface area contributed by atoms with Crippen LogP contribution in [0.5, 0.6) is 0 Å². The van der Waals surface area contributed by atoms with Crippen molar-refractivity contribution in [1.29, 1.82) is 0 Å². The molecule has 0 atom stereocenters. The van der Waals surface area contributed by atoms with E-state index in [2.05, 4.69) is 35.4 Å². The third kappa shape index (κ3) is 3.30. The molecule has 0 spiro atoms. The van der Waals surface area contributed by atoms with E-state index in [1.165, 1.54) is 44.9 Å². The summed E-state index contributed by atoms with van der Waals surface area (Å²) in [5, 5.41) is 3.46. The lowest BCUT2D eigenvalue weighted by Crippen LogP contribution is -2.51. The molecule has 0 radical (unpaired) electrons. The maximum Gasteiger partial charge on any atom is 0.233 e. The SMILES string of the molecule is CCCCCC12CCC(C(=O)N3Cc4cccnc4Nc4ccccc43)(CC1)CC2. The molecule has 6 rings (SSSR count). The minimum absolute atomic E-state index is 0.174. The van der Waals surface area contributed by atoms with Crippen molar-refractivity contribution in [2.24, 2.45) is 10.8 Å². The van der Waals surface area contributed by atoms with Gasteiger partial charge in [-0.15, -0.1) is 0 Å². The molecule has 1 aliphatic heterocycles. The Balaban J connectivity index is 1.41. The number of para-hydroxylation sites is 2. The Morgan fingerprint density at radius 3 is 2.57 bits per heavy atom. The Kier molecular flexibility index (Phi) is 5.04. The number of aromatic nitrogens is 1. The van der Waals surface area contributed by atoms with Crippen molar-refractivity contribution < 1.29 is 4.79 Å². The highest BCUT2D eigenvalue weighted by Gasteiger charge is 2.53. The van der Waals surface area contributed by atoms with Crippen LogP contribution in [0.4, 0.5) is 17.2 Å². The van der Waals surface area contributed by atoms with Gasteiger partial charge in [-0.25, -0.2) is 4.98 Å². The van der Waals surface area contributed by atoms with Gasteiger partial charge in [-0.1, -0.05) is 44.4 Å². The molecule has 1 aromatic carbocycles. The number of hydrogen-bond acceptors (Lipinski definition) is 3. The van der Waals surface area contributed by atoms with Crippen molar-refractivity contribution in [3.63, 3.8) is 0 Å². The van der Waals surface area contributed by atoms with Crippen LogP contribution in [0, 0.1) is 10.8 Å². The predicted molar refractivity (Wildman–Crippen MR) is 122 cm³/mol. The van der Waals surface area contributed by atoms with Crippen LogP contribution in [0.25, 0.3) is 0 Å². The average molecular weight is 404 g/mol. The van der Waals surface area contributed by atoms with E-state index in [0.717, 1.165) is 42.0 Å². The third-order valence-corrected chi connectivity index (χ3v) is 8.08. The zero-order chi connectivity index (χ0) is 20.6. The summed E-state index contributed by atoms with van der Waals surface area (Å²) in [6.07, 6.45) is 14.0. The smallest absolute Gasteiger partial charge is 0.233 e. The second-order valence-corrected chi connectivity index (χ2v) is 9.78. The van der Waals surface area contributed by atoms with Gasteiger partial charge in [0.05, 0.1) is 17.9 Å². The first-order valence-electron chi connectivity index (χ1n) is 11.8. The van der Waals surface area contributed by atoms with Crippen LogP contribution in [0.1, 0.15) is 76.7 Å². The molecule has 30 heavy (non-hydrogen) atoms. The van der Waals surface area contributed by atoms with Crippen LogP contribution in [0.3, 0.4) is 0 Å². The molecular weight excluding hydrogens is 370 g/mol. The van der Waals surface area contributed by atoms with Gasteiger partial charge in [0, 0.05) is 17.2 Å². The van der Waals surface area contributed by atoms with E-state index in [1.807, 2.05) is 29.3 Å². The van der Waals surface area contributed by atoms with Crippen molar-refractivity contribution in [2.45, 2.75) is 77.7 Å². The van der Waals surface area contributed by atoms with Crippen molar-refractivity contribution in [2.75, 3.05) is 10.2 Å². The van der Waals surface area contributed by atoms with Crippen LogP contribution in [-0.2, 0) is 11.3 Å². The summed E-state index contributed by atoms with van der Waals surface area (Å²) in [4.78, 5) is 20.7. The molecule has 158 valence electrons. The molecule has 3 fully saturated rings. The number of amides is 1. The fourth-order valence-corrected chi connectivity index (χ4v) is 6.05. The minimum atomic E-state index is -0.174. The molecule has 2 aromatic rings. The number of carbonyl (C=O) groups excluding carboxylic acids is 1. The fourth-order valence-electron chi connectivity index (χ4n) is 6.05. The van der Waals surface area contributed by atoms with Crippen LogP contribution in [0.15, 0.2) is 42.6 Å². The normalized spacial score (nSPS) is 27.0. The van der Waals surface area contributed by atoms with E-state index < -0.39 is 0 Å². The van der Waals surface area contributed by atoms with Gasteiger partial charge in [-0.05, 0) is 68.6 Å². The minimum Gasteiger partial charge on any atom is -0.338 e. The third-order valence-electron chi connectivity index (χ3n) is 8.08. The Morgan fingerprint density at radius 2 is 1.80 bits per heavy atom.